The SMILES string of the molecule is CCCN(CCC)Cn1c(=O)oc2cc(Cl)ccc21. The van der Waals surface area contributed by atoms with Crippen molar-refractivity contribution in [2.24, 2.45) is 0 Å². The van der Waals surface area contributed by atoms with Crippen molar-refractivity contribution in [3.63, 3.8) is 0 Å². The Morgan fingerprint density at radius 2 is 1.95 bits per heavy atom. The number of fused-ring (bicyclic) bond motifs is 1. The second-order valence-corrected chi connectivity index (χ2v) is 5.10. The normalized spacial score (nSPS) is 11.6. The first-order valence-electron chi connectivity index (χ1n) is 6.67. The zero-order valence-corrected chi connectivity index (χ0v) is 12.1. The van der Waals surface area contributed by atoms with Gasteiger partial charge in [0.2, 0.25) is 0 Å². The number of hydrogen-bond donors (Lipinski definition) is 0. The summed E-state index contributed by atoms with van der Waals surface area (Å²) in [6.45, 7) is 6.79. The van der Waals surface area contributed by atoms with Gasteiger partial charge in [-0.25, -0.2) is 4.79 Å². The van der Waals surface area contributed by atoms with E-state index in [0.29, 0.717) is 17.3 Å². The maximum atomic E-state index is 11.9. The van der Waals surface area contributed by atoms with Crippen LogP contribution in [0, 0.1) is 0 Å². The van der Waals surface area contributed by atoms with Gasteiger partial charge in [-0.2, -0.15) is 0 Å². The second-order valence-electron chi connectivity index (χ2n) is 4.67. The van der Waals surface area contributed by atoms with Gasteiger partial charge in [-0.3, -0.25) is 9.47 Å². The molecule has 0 fully saturated rings. The Morgan fingerprint density at radius 1 is 1.26 bits per heavy atom. The Hall–Kier alpha value is -1.26. The Labute approximate surface area is 117 Å². The second kappa shape index (κ2) is 6.26. The molecule has 0 bridgehead atoms. The minimum absolute atomic E-state index is 0.325. The van der Waals surface area contributed by atoms with Crippen molar-refractivity contribution in [3.05, 3.63) is 33.8 Å². The number of rotatable bonds is 6. The first-order valence-corrected chi connectivity index (χ1v) is 7.04. The molecule has 5 heteroatoms. The fourth-order valence-corrected chi connectivity index (χ4v) is 2.42. The van der Waals surface area contributed by atoms with Gasteiger partial charge in [0.1, 0.15) is 0 Å². The van der Waals surface area contributed by atoms with Crippen LogP contribution in [-0.2, 0) is 6.67 Å². The van der Waals surface area contributed by atoms with E-state index in [1.165, 1.54) is 0 Å². The van der Waals surface area contributed by atoms with E-state index in [-0.39, 0.29) is 5.76 Å². The molecule has 0 amide bonds. The predicted octanol–water partition coefficient (Wildman–Crippen LogP) is 3.33. The van der Waals surface area contributed by atoms with Gasteiger partial charge in [0.15, 0.2) is 5.58 Å². The quantitative estimate of drug-likeness (QED) is 0.816. The van der Waals surface area contributed by atoms with E-state index in [9.17, 15) is 4.79 Å². The van der Waals surface area contributed by atoms with Crippen LogP contribution in [-0.4, -0.2) is 22.6 Å². The monoisotopic (exact) mass is 282 g/mol. The van der Waals surface area contributed by atoms with Gasteiger partial charge in [0.25, 0.3) is 0 Å². The van der Waals surface area contributed by atoms with Crippen LogP contribution in [0.2, 0.25) is 5.02 Å². The molecule has 2 aromatic rings. The predicted molar refractivity (Wildman–Crippen MR) is 77.6 cm³/mol. The first kappa shape index (κ1) is 14.2. The Morgan fingerprint density at radius 3 is 2.58 bits per heavy atom. The van der Waals surface area contributed by atoms with Crippen molar-refractivity contribution in [3.8, 4) is 0 Å². The van der Waals surface area contributed by atoms with Crippen LogP contribution in [0.1, 0.15) is 26.7 Å². The highest BCUT2D eigenvalue weighted by atomic mass is 35.5. The summed E-state index contributed by atoms with van der Waals surface area (Å²) in [6.07, 6.45) is 2.13. The lowest BCUT2D eigenvalue weighted by Crippen LogP contribution is -2.31. The van der Waals surface area contributed by atoms with E-state index in [1.807, 2.05) is 6.07 Å². The fourth-order valence-electron chi connectivity index (χ4n) is 2.26. The van der Waals surface area contributed by atoms with Crippen molar-refractivity contribution in [2.75, 3.05) is 13.1 Å². The molecule has 1 aromatic carbocycles. The summed E-state index contributed by atoms with van der Waals surface area (Å²) in [7, 11) is 0. The number of hydrogen-bond acceptors (Lipinski definition) is 3. The van der Waals surface area contributed by atoms with Gasteiger partial charge < -0.3 is 4.42 Å². The topological polar surface area (TPSA) is 38.4 Å². The van der Waals surface area contributed by atoms with Gasteiger partial charge >= 0.3 is 5.76 Å². The highest BCUT2D eigenvalue weighted by molar-refractivity contribution is 6.31. The largest absolute Gasteiger partial charge is 0.421 e. The molecule has 0 radical (unpaired) electrons. The average molecular weight is 283 g/mol. The zero-order chi connectivity index (χ0) is 13.8. The van der Waals surface area contributed by atoms with Crippen LogP contribution in [0.3, 0.4) is 0 Å². The lowest BCUT2D eigenvalue weighted by atomic mass is 10.3. The molecular formula is C14H19ClN2O2. The van der Waals surface area contributed by atoms with E-state index >= 15 is 0 Å². The molecule has 0 aliphatic rings. The highest BCUT2D eigenvalue weighted by Crippen LogP contribution is 2.18. The third kappa shape index (κ3) is 3.19. The van der Waals surface area contributed by atoms with E-state index in [2.05, 4.69) is 18.7 Å². The summed E-state index contributed by atoms with van der Waals surface area (Å²) >= 11 is 5.90. The smallest absolute Gasteiger partial charge is 0.408 e. The first-order chi connectivity index (χ1) is 9.15. The van der Waals surface area contributed by atoms with Gasteiger partial charge in [0.05, 0.1) is 12.2 Å². The van der Waals surface area contributed by atoms with Crippen molar-refractivity contribution in [2.45, 2.75) is 33.4 Å². The Balaban J connectivity index is 2.33. The molecule has 0 spiro atoms. The standard InChI is InChI=1S/C14H19ClN2O2/c1-3-7-16(8-4-2)10-17-12-6-5-11(15)9-13(12)19-14(17)18/h5-6,9H,3-4,7-8,10H2,1-2H3. The third-order valence-electron chi connectivity index (χ3n) is 3.05. The highest BCUT2D eigenvalue weighted by Gasteiger charge is 2.12. The molecule has 2 rings (SSSR count). The van der Waals surface area contributed by atoms with Gasteiger partial charge in [-0.05, 0) is 38.1 Å². The maximum Gasteiger partial charge on any atom is 0.421 e. The lowest BCUT2D eigenvalue weighted by Gasteiger charge is -2.20. The van der Waals surface area contributed by atoms with Crippen LogP contribution in [0.5, 0.6) is 0 Å². The van der Waals surface area contributed by atoms with Gasteiger partial charge in [-0.1, -0.05) is 25.4 Å². The van der Waals surface area contributed by atoms with Crippen molar-refractivity contribution in [1.82, 2.24) is 9.47 Å². The van der Waals surface area contributed by atoms with Crippen LogP contribution < -0.4 is 5.76 Å². The summed E-state index contributed by atoms with van der Waals surface area (Å²) in [6, 6.07) is 5.29. The van der Waals surface area contributed by atoms with Crippen molar-refractivity contribution < 1.29 is 4.42 Å². The average Bonchev–Trinajstić information content (AvgIpc) is 2.66. The van der Waals surface area contributed by atoms with E-state index in [1.54, 1.807) is 16.7 Å². The number of nitrogens with zero attached hydrogens (tertiary/aromatic N) is 2. The number of halogens is 1. The molecule has 19 heavy (non-hydrogen) atoms. The summed E-state index contributed by atoms with van der Waals surface area (Å²) in [5, 5.41) is 0.576. The summed E-state index contributed by atoms with van der Waals surface area (Å²) in [5.41, 5.74) is 1.34. The summed E-state index contributed by atoms with van der Waals surface area (Å²) < 4.78 is 6.90. The number of oxazole rings is 1. The zero-order valence-electron chi connectivity index (χ0n) is 11.4. The molecule has 0 aliphatic heterocycles. The van der Waals surface area contributed by atoms with E-state index in [0.717, 1.165) is 31.4 Å². The fraction of sp³-hybridized carbons (Fsp3) is 0.500. The lowest BCUT2D eigenvalue weighted by molar-refractivity contribution is 0.214. The molecule has 104 valence electrons. The molecule has 0 N–H and O–H groups in total. The third-order valence-corrected chi connectivity index (χ3v) is 3.29. The summed E-state index contributed by atoms with van der Waals surface area (Å²) in [4.78, 5) is 14.2. The van der Waals surface area contributed by atoms with E-state index in [4.69, 9.17) is 16.0 Å². The molecule has 1 heterocycles. The minimum Gasteiger partial charge on any atom is -0.408 e. The van der Waals surface area contributed by atoms with Crippen molar-refractivity contribution >= 4 is 22.7 Å². The number of benzene rings is 1. The van der Waals surface area contributed by atoms with Gasteiger partial charge in [-0.15, -0.1) is 0 Å². The Bertz CT molecular complexity index is 597. The van der Waals surface area contributed by atoms with Crippen LogP contribution >= 0.6 is 11.6 Å². The van der Waals surface area contributed by atoms with Crippen LogP contribution in [0.15, 0.2) is 27.4 Å². The molecular weight excluding hydrogens is 264 g/mol. The number of aromatic nitrogens is 1. The van der Waals surface area contributed by atoms with Gasteiger partial charge in [0, 0.05) is 11.1 Å². The van der Waals surface area contributed by atoms with Crippen LogP contribution in [0.25, 0.3) is 11.1 Å². The molecule has 0 aliphatic carbocycles. The maximum absolute atomic E-state index is 11.9. The molecule has 0 saturated heterocycles. The summed E-state index contributed by atoms with van der Waals surface area (Å²) in [5.74, 6) is -0.325. The van der Waals surface area contributed by atoms with Crippen molar-refractivity contribution in [1.29, 1.82) is 0 Å². The molecule has 0 saturated carbocycles. The molecule has 4 nitrogen and oxygen atoms in total. The van der Waals surface area contributed by atoms with Crippen LogP contribution in [0.4, 0.5) is 0 Å². The minimum atomic E-state index is -0.325. The molecule has 0 unspecified atom stereocenters. The molecule has 0 atom stereocenters. The molecule has 1 aromatic heterocycles. The van der Waals surface area contributed by atoms with E-state index < -0.39 is 0 Å². The Kier molecular flexibility index (Phi) is 4.66.